The highest BCUT2D eigenvalue weighted by atomic mass is 16.5. The van der Waals surface area contributed by atoms with Crippen LogP contribution in [-0.4, -0.2) is 80.4 Å². The average molecular weight is 692 g/mol. The number of fused-ring (bicyclic) bond motifs is 6. The Balaban J connectivity index is 1.42. The van der Waals surface area contributed by atoms with Gasteiger partial charge in [-0.25, -0.2) is 9.59 Å². The Kier molecular flexibility index (Phi) is 11.2. The Morgan fingerprint density at radius 3 is 2.46 bits per heavy atom. The van der Waals surface area contributed by atoms with Gasteiger partial charge in [0.2, 0.25) is 11.8 Å². The standard InChI is InChI=1S/C39H53N3O8/c1-4-49-36(45)39-23-30(39)15-11-6-5-7-12-16-31-35(44)42-25-38(48-3,24-32(42)34(43)41-39)29-18-17-26-22-33(47-2)27(20-28(26)21-29)14-10-8-9-13-19-50-37(46)40-31/h17-18,20-22,30-32H,4-16,19,23-25H2,1-3H3,(H,40,46)(H,41,43)/t30-,31+,32+,38+,39-/m1/s1. The van der Waals surface area contributed by atoms with Crippen LogP contribution in [0.1, 0.15) is 102 Å². The molecule has 0 aromatic heterocycles. The quantitative estimate of drug-likeness (QED) is 0.392. The summed E-state index contributed by atoms with van der Waals surface area (Å²) in [7, 11) is 3.30. The predicted octanol–water partition coefficient (Wildman–Crippen LogP) is 5.68. The van der Waals surface area contributed by atoms with Crippen LogP contribution < -0.4 is 15.4 Å². The summed E-state index contributed by atoms with van der Waals surface area (Å²) < 4.78 is 23.1. The number of nitrogens with one attached hydrogen (secondary N) is 2. The first-order valence-electron chi connectivity index (χ1n) is 18.6. The minimum atomic E-state index is -1.11. The maximum absolute atomic E-state index is 14.6. The molecule has 2 N–H and O–H groups in total. The van der Waals surface area contributed by atoms with Crippen molar-refractivity contribution in [3.8, 4) is 5.75 Å². The van der Waals surface area contributed by atoms with Crippen LogP contribution in [0.2, 0.25) is 0 Å². The molecule has 1 saturated carbocycles. The molecular formula is C39H53N3O8. The number of methoxy groups -OCH3 is 2. The van der Waals surface area contributed by atoms with Crippen molar-refractivity contribution in [3.05, 3.63) is 41.5 Å². The van der Waals surface area contributed by atoms with E-state index in [0.717, 1.165) is 98.3 Å². The van der Waals surface area contributed by atoms with Crippen LogP contribution in [0.25, 0.3) is 10.8 Å². The van der Waals surface area contributed by atoms with Crippen LogP contribution in [0.5, 0.6) is 5.75 Å². The van der Waals surface area contributed by atoms with E-state index in [1.165, 1.54) is 0 Å². The van der Waals surface area contributed by atoms with E-state index in [4.69, 9.17) is 18.9 Å². The number of benzene rings is 2. The smallest absolute Gasteiger partial charge is 0.407 e. The first kappa shape index (κ1) is 35.9. The molecule has 6 rings (SSSR count). The van der Waals surface area contributed by atoms with Gasteiger partial charge in [-0.2, -0.15) is 0 Å². The Morgan fingerprint density at radius 2 is 1.68 bits per heavy atom. The van der Waals surface area contributed by atoms with Gasteiger partial charge in [-0.3, -0.25) is 9.59 Å². The number of esters is 1. The van der Waals surface area contributed by atoms with Crippen molar-refractivity contribution in [2.24, 2.45) is 5.92 Å². The molecule has 272 valence electrons. The number of cyclic esters (lactones) is 1. The van der Waals surface area contributed by atoms with Gasteiger partial charge < -0.3 is 34.5 Å². The van der Waals surface area contributed by atoms with Crippen LogP contribution in [0.15, 0.2) is 30.3 Å². The number of carbonyl (C=O) groups excluding carboxylic acids is 4. The topological polar surface area (TPSA) is 132 Å². The lowest BCUT2D eigenvalue weighted by Gasteiger charge is -2.31. The number of aryl methyl sites for hydroxylation is 1. The van der Waals surface area contributed by atoms with Gasteiger partial charge in [0.05, 0.1) is 26.9 Å². The van der Waals surface area contributed by atoms with Crippen molar-refractivity contribution in [1.29, 1.82) is 0 Å². The minimum absolute atomic E-state index is 0.0175. The molecule has 3 amide bonds. The monoisotopic (exact) mass is 691 g/mol. The summed E-state index contributed by atoms with van der Waals surface area (Å²) >= 11 is 0. The number of nitrogens with zero attached hydrogens (tertiary/aromatic N) is 1. The van der Waals surface area contributed by atoms with Crippen LogP contribution in [-0.2, 0) is 40.6 Å². The zero-order chi connectivity index (χ0) is 35.3. The number of rotatable bonds is 4. The molecule has 0 unspecified atom stereocenters. The Morgan fingerprint density at radius 1 is 0.920 bits per heavy atom. The SMILES string of the molecule is CCOC(=O)[C@@]12C[C@H]1CCCCCCC[C@@H]1NC(=O)OCCCCCCc3cc4cc(ccc4cc3OC)[C@]3(OC)C[C@@H](C(=O)N2)N(C3)C1=O. The molecule has 2 aromatic carbocycles. The number of ether oxygens (including phenoxy) is 4. The van der Waals surface area contributed by atoms with Gasteiger partial charge in [-0.15, -0.1) is 0 Å². The predicted molar refractivity (Wildman–Crippen MR) is 188 cm³/mol. The van der Waals surface area contributed by atoms with Crippen molar-refractivity contribution in [3.63, 3.8) is 0 Å². The summed E-state index contributed by atoms with van der Waals surface area (Å²) in [5, 5.41) is 7.99. The van der Waals surface area contributed by atoms with Crippen molar-refractivity contribution >= 4 is 34.6 Å². The first-order chi connectivity index (χ1) is 24.2. The van der Waals surface area contributed by atoms with Crippen LogP contribution >= 0.6 is 0 Å². The lowest BCUT2D eigenvalue weighted by molar-refractivity contribution is -0.150. The van der Waals surface area contributed by atoms with E-state index in [1.807, 2.05) is 12.1 Å². The molecule has 2 saturated heterocycles. The molecule has 1 aliphatic carbocycles. The van der Waals surface area contributed by atoms with Gasteiger partial charge in [0.1, 0.15) is 29.0 Å². The second kappa shape index (κ2) is 15.6. The molecular weight excluding hydrogens is 638 g/mol. The normalized spacial score (nSPS) is 29.8. The maximum atomic E-state index is 14.6. The lowest BCUT2D eigenvalue weighted by atomic mass is 9.88. The van der Waals surface area contributed by atoms with Crippen molar-refractivity contribution in [1.82, 2.24) is 15.5 Å². The van der Waals surface area contributed by atoms with Crippen LogP contribution in [0.3, 0.4) is 0 Å². The van der Waals surface area contributed by atoms with E-state index in [-0.39, 0.29) is 38.0 Å². The fourth-order valence-corrected chi connectivity index (χ4v) is 8.35. The largest absolute Gasteiger partial charge is 0.496 e. The van der Waals surface area contributed by atoms with Gasteiger partial charge in [0, 0.05) is 13.5 Å². The molecule has 11 heteroatoms. The van der Waals surface area contributed by atoms with Crippen LogP contribution in [0, 0.1) is 5.92 Å². The molecule has 3 aliphatic heterocycles. The average Bonchev–Trinajstić information content (AvgIpc) is 3.66. The van der Waals surface area contributed by atoms with E-state index in [9.17, 15) is 19.2 Å². The van der Waals surface area contributed by atoms with Crippen LogP contribution in [0.4, 0.5) is 4.79 Å². The van der Waals surface area contributed by atoms with Gasteiger partial charge in [0.25, 0.3) is 0 Å². The molecule has 2 aromatic rings. The van der Waals surface area contributed by atoms with Crippen molar-refractivity contribution in [2.45, 2.75) is 120 Å². The van der Waals surface area contributed by atoms with E-state index >= 15 is 0 Å². The lowest BCUT2D eigenvalue weighted by Crippen LogP contribution is -2.56. The highest BCUT2D eigenvalue weighted by molar-refractivity contribution is 5.96. The first-order valence-corrected chi connectivity index (χ1v) is 18.6. The Bertz CT molecular complexity index is 1580. The second-order valence-corrected chi connectivity index (χ2v) is 14.5. The van der Waals surface area contributed by atoms with Crippen molar-refractivity contribution in [2.75, 3.05) is 34.0 Å². The molecule has 4 aliphatic rings. The third-order valence-corrected chi connectivity index (χ3v) is 11.4. The van der Waals surface area contributed by atoms with Gasteiger partial charge >= 0.3 is 12.1 Å². The summed E-state index contributed by atoms with van der Waals surface area (Å²) in [6.45, 7) is 2.32. The highest BCUT2D eigenvalue weighted by Crippen LogP contribution is 2.49. The third kappa shape index (κ3) is 7.43. The van der Waals surface area contributed by atoms with Gasteiger partial charge in [-0.1, -0.05) is 57.1 Å². The van der Waals surface area contributed by atoms with Gasteiger partial charge in [-0.05, 0) is 91.5 Å². The molecule has 11 nitrogen and oxygen atoms in total. The third-order valence-electron chi connectivity index (χ3n) is 11.4. The molecule has 3 fully saturated rings. The fourth-order valence-electron chi connectivity index (χ4n) is 8.35. The number of alkyl carbamates (subject to hydrolysis) is 1. The molecule has 3 heterocycles. The van der Waals surface area contributed by atoms with E-state index in [2.05, 4.69) is 28.8 Å². The van der Waals surface area contributed by atoms with Gasteiger partial charge in [0.15, 0.2) is 0 Å². The summed E-state index contributed by atoms with van der Waals surface area (Å²) in [5.74, 6) is -0.381. The Labute approximate surface area is 295 Å². The Hall–Kier alpha value is -3.86. The molecule has 50 heavy (non-hydrogen) atoms. The van der Waals surface area contributed by atoms with E-state index in [0.29, 0.717) is 12.8 Å². The summed E-state index contributed by atoms with van der Waals surface area (Å²) in [6.07, 6.45) is 10.3. The van der Waals surface area contributed by atoms with E-state index < -0.39 is 41.2 Å². The van der Waals surface area contributed by atoms with Crippen molar-refractivity contribution < 1.29 is 38.1 Å². The minimum Gasteiger partial charge on any atom is -0.496 e. The molecule has 6 bridgehead atoms. The molecule has 5 atom stereocenters. The zero-order valence-corrected chi connectivity index (χ0v) is 29.9. The fraction of sp³-hybridized carbons (Fsp3) is 0.641. The number of carbonyl (C=O) groups is 4. The summed E-state index contributed by atoms with van der Waals surface area (Å²) in [5.41, 5.74) is -0.175. The number of amides is 3. The number of hydrogen-bond acceptors (Lipinski definition) is 8. The molecule has 0 radical (unpaired) electrons. The second-order valence-electron chi connectivity index (χ2n) is 14.5. The maximum Gasteiger partial charge on any atom is 0.407 e. The molecule has 0 spiro atoms. The van der Waals surface area contributed by atoms with E-state index in [1.54, 1.807) is 26.0 Å². The highest BCUT2D eigenvalue weighted by Gasteiger charge is 2.63. The zero-order valence-electron chi connectivity index (χ0n) is 29.9. The number of hydrogen-bond donors (Lipinski definition) is 2. The summed E-state index contributed by atoms with van der Waals surface area (Å²) in [6, 6.07) is 8.51. The summed E-state index contributed by atoms with van der Waals surface area (Å²) in [4.78, 5) is 57.1.